The number of carboxylic acids is 1. The Hall–Kier alpha value is -1.79. The summed E-state index contributed by atoms with van der Waals surface area (Å²) in [6.07, 6.45) is 0. The molecule has 2 atom stereocenters. The first-order valence-electron chi connectivity index (χ1n) is 7.37. The number of hydrogen-bond acceptors (Lipinski definition) is 5. The summed E-state index contributed by atoms with van der Waals surface area (Å²) in [6.45, 7) is 4.45. The number of piperazine rings is 1. The zero-order valence-electron chi connectivity index (χ0n) is 13.6. The fourth-order valence-electron chi connectivity index (χ4n) is 3.04. The predicted molar refractivity (Wildman–Crippen MR) is 83.6 cm³/mol. The number of carbonyl (C=O) groups is 1. The van der Waals surface area contributed by atoms with Crippen molar-refractivity contribution < 1.29 is 19.4 Å². The molecule has 0 amide bonds. The first-order chi connectivity index (χ1) is 10.5. The van der Waals surface area contributed by atoms with E-state index in [1.807, 2.05) is 4.90 Å². The molecule has 1 aromatic rings. The van der Waals surface area contributed by atoms with Crippen LogP contribution in [0.2, 0.25) is 0 Å². The standard InChI is InChI=1S/C16H24N2O4/c1-11-10-17(2)7-8-18(11)15(16(19)20)13-9-12(21-3)5-6-14(13)22-4/h5-6,9,11,15H,7-8,10H2,1-4H3,(H,19,20). The molecule has 122 valence electrons. The molecule has 0 radical (unpaired) electrons. The van der Waals surface area contributed by atoms with Gasteiger partial charge in [0.15, 0.2) is 0 Å². The summed E-state index contributed by atoms with van der Waals surface area (Å²) in [7, 11) is 5.17. The summed E-state index contributed by atoms with van der Waals surface area (Å²) >= 11 is 0. The number of rotatable bonds is 5. The fraction of sp³-hybridized carbons (Fsp3) is 0.562. The molecule has 6 nitrogen and oxygen atoms in total. The van der Waals surface area contributed by atoms with Gasteiger partial charge in [-0.3, -0.25) is 9.69 Å². The predicted octanol–water partition coefficient (Wildman–Crippen LogP) is 1.47. The van der Waals surface area contributed by atoms with Gasteiger partial charge in [-0.05, 0) is 32.2 Å². The van der Waals surface area contributed by atoms with Crippen LogP contribution in [0.4, 0.5) is 0 Å². The van der Waals surface area contributed by atoms with Gasteiger partial charge in [0, 0.05) is 31.2 Å². The van der Waals surface area contributed by atoms with Crippen molar-refractivity contribution in [2.45, 2.75) is 19.0 Å². The first kappa shape index (κ1) is 16.6. The molecule has 0 aliphatic carbocycles. The van der Waals surface area contributed by atoms with Crippen LogP contribution in [-0.2, 0) is 4.79 Å². The molecule has 0 bridgehead atoms. The van der Waals surface area contributed by atoms with E-state index in [2.05, 4.69) is 18.9 Å². The highest BCUT2D eigenvalue weighted by Crippen LogP contribution is 2.34. The van der Waals surface area contributed by atoms with Crippen LogP contribution in [0.15, 0.2) is 18.2 Å². The Kier molecular flexibility index (Phi) is 5.26. The molecule has 1 aliphatic rings. The van der Waals surface area contributed by atoms with Gasteiger partial charge in [0.1, 0.15) is 17.5 Å². The van der Waals surface area contributed by atoms with Gasteiger partial charge in [0.2, 0.25) is 0 Å². The van der Waals surface area contributed by atoms with Gasteiger partial charge in [0.05, 0.1) is 14.2 Å². The van der Waals surface area contributed by atoms with E-state index in [1.165, 1.54) is 0 Å². The summed E-state index contributed by atoms with van der Waals surface area (Å²) in [5, 5.41) is 9.79. The second kappa shape index (κ2) is 6.98. The van der Waals surface area contributed by atoms with E-state index in [0.29, 0.717) is 23.6 Å². The number of hydrogen-bond donors (Lipinski definition) is 1. The maximum atomic E-state index is 11.9. The van der Waals surface area contributed by atoms with Crippen molar-refractivity contribution in [1.29, 1.82) is 0 Å². The van der Waals surface area contributed by atoms with E-state index in [9.17, 15) is 9.90 Å². The van der Waals surface area contributed by atoms with Crippen molar-refractivity contribution in [3.63, 3.8) is 0 Å². The number of ether oxygens (including phenoxy) is 2. The molecule has 2 unspecified atom stereocenters. The lowest BCUT2D eigenvalue weighted by Crippen LogP contribution is -2.53. The number of aliphatic carboxylic acids is 1. The van der Waals surface area contributed by atoms with Crippen LogP contribution in [0.3, 0.4) is 0 Å². The highest BCUT2D eigenvalue weighted by Gasteiger charge is 2.35. The van der Waals surface area contributed by atoms with Crippen molar-refractivity contribution in [2.75, 3.05) is 40.9 Å². The molecule has 1 N–H and O–H groups in total. The summed E-state index contributed by atoms with van der Waals surface area (Å²) < 4.78 is 10.6. The zero-order chi connectivity index (χ0) is 16.3. The van der Waals surface area contributed by atoms with Crippen LogP contribution < -0.4 is 9.47 Å². The summed E-state index contributed by atoms with van der Waals surface area (Å²) in [5.41, 5.74) is 0.630. The SMILES string of the molecule is COc1ccc(OC)c(C(C(=O)O)N2CCN(C)CC2C)c1. The summed E-state index contributed by atoms with van der Waals surface area (Å²) in [4.78, 5) is 16.2. The number of carboxylic acid groups (broad SMARTS) is 1. The lowest BCUT2D eigenvalue weighted by molar-refractivity contribution is -0.145. The highest BCUT2D eigenvalue weighted by molar-refractivity contribution is 5.77. The largest absolute Gasteiger partial charge is 0.497 e. The second-order valence-electron chi connectivity index (χ2n) is 5.70. The Morgan fingerprint density at radius 3 is 2.59 bits per heavy atom. The minimum absolute atomic E-state index is 0.149. The normalized spacial score (nSPS) is 21.4. The first-order valence-corrected chi connectivity index (χ1v) is 7.37. The maximum Gasteiger partial charge on any atom is 0.325 e. The maximum absolute atomic E-state index is 11.9. The van der Waals surface area contributed by atoms with Gasteiger partial charge in [0.25, 0.3) is 0 Å². The van der Waals surface area contributed by atoms with Crippen LogP contribution in [0.5, 0.6) is 11.5 Å². The van der Waals surface area contributed by atoms with Crippen molar-refractivity contribution in [1.82, 2.24) is 9.80 Å². The summed E-state index contributed by atoms with van der Waals surface area (Å²) in [6, 6.07) is 4.69. The Balaban J connectivity index is 2.41. The molecule has 1 fully saturated rings. The molecule has 1 aliphatic heterocycles. The third-order valence-electron chi connectivity index (χ3n) is 4.18. The molecule has 0 spiro atoms. The highest BCUT2D eigenvalue weighted by atomic mass is 16.5. The van der Waals surface area contributed by atoms with Gasteiger partial charge in [-0.2, -0.15) is 0 Å². The van der Waals surface area contributed by atoms with Crippen LogP contribution in [-0.4, -0.2) is 67.8 Å². The number of methoxy groups -OCH3 is 2. The van der Waals surface area contributed by atoms with E-state index in [-0.39, 0.29) is 6.04 Å². The van der Waals surface area contributed by atoms with Gasteiger partial charge in [-0.25, -0.2) is 0 Å². The smallest absolute Gasteiger partial charge is 0.325 e. The molecule has 1 saturated heterocycles. The third-order valence-corrected chi connectivity index (χ3v) is 4.18. The second-order valence-corrected chi connectivity index (χ2v) is 5.70. The van der Waals surface area contributed by atoms with E-state index >= 15 is 0 Å². The lowest BCUT2D eigenvalue weighted by Gasteiger charge is -2.41. The van der Waals surface area contributed by atoms with Crippen molar-refractivity contribution >= 4 is 5.97 Å². The number of nitrogens with zero attached hydrogens (tertiary/aromatic N) is 2. The van der Waals surface area contributed by atoms with Crippen LogP contribution in [0.25, 0.3) is 0 Å². The average Bonchev–Trinajstić information content (AvgIpc) is 2.49. The topological polar surface area (TPSA) is 62.2 Å². The van der Waals surface area contributed by atoms with E-state index in [4.69, 9.17) is 9.47 Å². The third kappa shape index (κ3) is 3.34. The van der Waals surface area contributed by atoms with Gasteiger partial charge in [-0.15, -0.1) is 0 Å². The van der Waals surface area contributed by atoms with Crippen molar-refractivity contribution in [3.8, 4) is 11.5 Å². The van der Waals surface area contributed by atoms with Crippen LogP contribution in [0, 0.1) is 0 Å². The van der Waals surface area contributed by atoms with Gasteiger partial charge >= 0.3 is 5.97 Å². The Morgan fingerprint density at radius 2 is 2.05 bits per heavy atom. The monoisotopic (exact) mass is 308 g/mol. The van der Waals surface area contributed by atoms with Gasteiger partial charge in [-0.1, -0.05) is 0 Å². The number of likely N-dealkylation sites (N-methyl/N-ethyl adjacent to an activating group) is 1. The Labute approximate surface area is 131 Å². The Bertz CT molecular complexity index is 535. The van der Waals surface area contributed by atoms with Crippen LogP contribution in [0.1, 0.15) is 18.5 Å². The molecule has 6 heteroatoms. The minimum Gasteiger partial charge on any atom is -0.497 e. The molecule has 1 heterocycles. The molecule has 0 saturated carbocycles. The molecule has 0 aromatic heterocycles. The molecule has 2 rings (SSSR count). The van der Waals surface area contributed by atoms with Crippen molar-refractivity contribution in [3.05, 3.63) is 23.8 Å². The van der Waals surface area contributed by atoms with Gasteiger partial charge < -0.3 is 19.5 Å². The van der Waals surface area contributed by atoms with E-state index in [1.54, 1.807) is 32.4 Å². The van der Waals surface area contributed by atoms with Crippen LogP contribution >= 0.6 is 0 Å². The van der Waals surface area contributed by atoms with E-state index < -0.39 is 12.0 Å². The minimum atomic E-state index is -0.872. The summed E-state index contributed by atoms with van der Waals surface area (Å²) in [5.74, 6) is 0.325. The molecule has 22 heavy (non-hydrogen) atoms. The average molecular weight is 308 g/mol. The lowest BCUT2D eigenvalue weighted by atomic mass is 10.0. The molecular weight excluding hydrogens is 284 g/mol. The number of benzene rings is 1. The molecular formula is C16H24N2O4. The van der Waals surface area contributed by atoms with Crippen molar-refractivity contribution in [2.24, 2.45) is 0 Å². The quantitative estimate of drug-likeness (QED) is 0.889. The fourth-order valence-corrected chi connectivity index (χ4v) is 3.04. The van der Waals surface area contributed by atoms with E-state index in [0.717, 1.165) is 13.1 Å². The zero-order valence-corrected chi connectivity index (χ0v) is 13.6. The molecule has 1 aromatic carbocycles. The Morgan fingerprint density at radius 1 is 1.32 bits per heavy atom.